The number of methoxy groups -OCH3 is 1. The Morgan fingerprint density at radius 1 is 1.43 bits per heavy atom. The van der Waals surface area contributed by atoms with Crippen molar-refractivity contribution in [2.45, 2.75) is 24.4 Å². The first-order chi connectivity index (χ1) is 11.3. The van der Waals surface area contributed by atoms with Crippen molar-refractivity contribution in [3.63, 3.8) is 0 Å². The summed E-state index contributed by atoms with van der Waals surface area (Å²) in [6, 6.07) is 7.10. The van der Waals surface area contributed by atoms with E-state index in [-0.39, 0.29) is 0 Å². The van der Waals surface area contributed by atoms with Crippen molar-refractivity contribution in [1.82, 2.24) is 9.88 Å². The van der Waals surface area contributed by atoms with Gasteiger partial charge in [0.2, 0.25) is 0 Å². The number of fused-ring (bicyclic) bond motifs is 1. The van der Waals surface area contributed by atoms with E-state index in [0.29, 0.717) is 5.54 Å². The minimum Gasteiger partial charge on any atom is -0.497 e. The molecule has 1 aromatic carbocycles. The van der Waals surface area contributed by atoms with Crippen LogP contribution in [0.5, 0.6) is 5.75 Å². The number of aromatic nitrogens is 1. The smallest absolute Gasteiger partial charge is 0.119 e. The lowest BCUT2D eigenvalue weighted by molar-refractivity contribution is 0.297. The molecule has 2 heterocycles. The first-order valence-corrected chi connectivity index (χ1v) is 9.96. The molecule has 23 heavy (non-hydrogen) atoms. The largest absolute Gasteiger partial charge is 0.497 e. The second-order valence-corrected chi connectivity index (χ2v) is 8.00. The Labute approximate surface area is 150 Å². The summed E-state index contributed by atoms with van der Waals surface area (Å²) in [6.45, 7) is 1.17. The second kappa shape index (κ2) is 4.99. The fraction of sp³-hybridized carbons (Fsp3) is 0.474. The van der Waals surface area contributed by atoms with E-state index < -0.39 is 0 Å². The van der Waals surface area contributed by atoms with Crippen molar-refractivity contribution in [3.05, 3.63) is 42.1 Å². The van der Waals surface area contributed by atoms with Crippen LogP contribution in [-0.4, -0.2) is 39.5 Å². The second-order valence-electron chi connectivity index (χ2n) is 7.12. The van der Waals surface area contributed by atoms with Crippen LogP contribution in [0.3, 0.4) is 0 Å². The monoisotopic (exact) mass is 420 g/mol. The molecular weight excluding hydrogens is 399 g/mol. The van der Waals surface area contributed by atoms with Gasteiger partial charge in [0, 0.05) is 40.0 Å². The molecule has 3 aliphatic rings. The molecule has 1 aromatic heterocycles. The van der Waals surface area contributed by atoms with E-state index in [1.54, 1.807) is 7.11 Å². The number of likely N-dealkylation sites (tertiary alicyclic amines) is 1. The average molecular weight is 420 g/mol. The predicted octanol–water partition coefficient (Wildman–Crippen LogP) is 3.78. The Morgan fingerprint density at radius 2 is 2.35 bits per heavy atom. The topological polar surface area (TPSA) is 28.0 Å². The number of H-pyrrole nitrogens is 1. The molecule has 2 fully saturated rings. The van der Waals surface area contributed by atoms with Crippen LogP contribution in [0.2, 0.25) is 0 Å². The van der Waals surface area contributed by atoms with Gasteiger partial charge in [0.25, 0.3) is 0 Å². The maximum absolute atomic E-state index is 5.38. The SMILES string of the molecule is COc1ccc2[nH]cc(CCN3C4C(CI)CC5C=CC543)c2c1. The zero-order valence-corrected chi connectivity index (χ0v) is 15.4. The number of hydrogen-bond acceptors (Lipinski definition) is 2. The maximum atomic E-state index is 5.38. The standard InChI is InChI=1S/C19H21IN2O/c1-23-15-2-3-17-16(9-15)12(11-21-17)5-7-22-18-13(10-20)8-14-4-6-19(14,18)22/h2-4,6,9,11,13-14,18,21H,5,7-8,10H2,1H3. The van der Waals surface area contributed by atoms with E-state index in [4.69, 9.17) is 4.74 Å². The lowest BCUT2D eigenvalue weighted by Gasteiger charge is -2.29. The number of ether oxygens (including phenoxy) is 1. The van der Waals surface area contributed by atoms with Crippen LogP contribution in [0.1, 0.15) is 12.0 Å². The van der Waals surface area contributed by atoms with Gasteiger partial charge in [-0.25, -0.2) is 0 Å². The first-order valence-electron chi connectivity index (χ1n) is 8.44. The summed E-state index contributed by atoms with van der Waals surface area (Å²) >= 11 is 2.57. The number of alkyl halides is 1. The quantitative estimate of drug-likeness (QED) is 0.345. The van der Waals surface area contributed by atoms with Gasteiger partial charge in [-0.1, -0.05) is 34.7 Å². The third-order valence-electron chi connectivity index (χ3n) is 6.23. The minimum atomic E-state index is 0.458. The van der Waals surface area contributed by atoms with E-state index in [0.717, 1.165) is 30.0 Å². The highest BCUT2D eigenvalue weighted by molar-refractivity contribution is 14.1. The lowest BCUT2D eigenvalue weighted by Crippen LogP contribution is -2.32. The first kappa shape index (κ1) is 14.3. The number of hydrogen-bond donors (Lipinski definition) is 1. The molecule has 1 saturated carbocycles. The van der Waals surface area contributed by atoms with E-state index in [1.807, 2.05) is 6.07 Å². The third kappa shape index (κ3) is 1.85. The molecule has 1 saturated heterocycles. The van der Waals surface area contributed by atoms with Crippen molar-refractivity contribution >= 4 is 33.5 Å². The Hall–Kier alpha value is -1.01. The molecule has 0 amide bonds. The molecule has 0 radical (unpaired) electrons. The summed E-state index contributed by atoms with van der Waals surface area (Å²) in [6.07, 6.45) is 9.61. The molecule has 1 spiro atoms. The molecule has 4 heteroatoms. The van der Waals surface area contributed by atoms with Crippen molar-refractivity contribution in [3.8, 4) is 5.75 Å². The van der Waals surface area contributed by atoms with Crippen molar-refractivity contribution < 1.29 is 4.74 Å². The Bertz CT molecular complexity index is 798. The van der Waals surface area contributed by atoms with E-state index in [9.17, 15) is 0 Å². The molecule has 120 valence electrons. The van der Waals surface area contributed by atoms with Crippen LogP contribution in [0.15, 0.2) is 36.5 Å². The molecule has 2 aliphatic carbocycles. The molecule has 1 aliphatic heterocycles. The number of halogens is 1. The van der Waals surface area contributed by atoms with E-state index in [2.05, 4.69) is 63.0 Å². The fourth-order valence-electron chi connectivity index (χ4n) is 5.03. The summed E-state index contributed by atoms with van der Waals surface area (Å²) in [4.78, 5) is 6.15. The van der Waals surface area contributed by atoms with Gasteiger partial charge >= 0.3 is 0 Å². The molecule has 5 rings (SSSR count). The maximum Gasteiger partial charge on any atom is 0.119 e. The Balaban J connectivity index is 1.35. The summed E-state index contributed by atoms with van der Waals surface area (Å²) in [5, 5.41) is 1.31. The van der Waals surface area contributed by atoms with Gasteiger partial charge in [0.15, 0.2) is 0 Å². The van der Waals surface area contributed by atoms with Crippen LogP contribution in [0.25, 0.3) is 10.9 Å². The van der Waals surface area contributed by atoms with Gasteiger partial charge in [0.1, 0.15) is 5.75 Å². The number of benzene rings is 1. The van der Waals surface area contributed by atoms with E-state index in [1.165, 1.54) is 33.9 Å². The van der Waals surface area contributed by atoms with Crippen LogP contribution >= 0.6 is 22.6 Å². The van der Waals surface area contributed by atoms with Crippen LogP contribution in [-0.2, 0) is 6.42 Å². The van der Waals surface area contributed by atoms with Crippen molar-refractivity contribution in [2.75, 3.05) is 18.1 Å². The van der Waals surface area contributed by atoms with E-state index >= 15 is 0 Å². The molecule has 3 nitrogen and oxygen atoms in total. The number of rotatable bonds is 5. The highest BCUT2D eigenvalue weighted by Crippen LogP contribution is 2.65. The van der Waals surface area contributed by atoms with Crippen LogP contribution in [0.4, 0.5) is 0 Å². The Morgan fingerprint density at radius 3 is 3.09 bits per heavy atom. The number of piperidine rings is 1. The van der Waals surface area contributed by atoms with Gasteiger partial charge in [-0.3, -0.25) is 4.90 Å². The van der Waals surface area contributed by atoms with Gasteiger partial charge in [0.05, 0.1) is 12.6 Å². The zero-order valence-electron chi connectivity index (χ0n) is 13.3. The Kier molecular flexibility index (Phi) is 3.11. The minimum absolute atomic E-state index is 0.458. The lowest BCUT2D eigenvalue weighted by atomic mass is 9.83. The fourth-order valence-corrected chi connectivity index (χ4v) is 5.87. The summed E-state index contributed by atoms with van der Waals surface area (Å²) in [5.74, 6) is 2.65. The zero-order chi connectivity index (χ0) is 15.6. The van der Waals surface area contributed by atoms with Gasteiger partial charge < -0.3 is 9.72 Å². The highest BCUT2D eigenvalue weighted by Gasteiger charge is 2.73. The third-order valence-corrected chi connectivity index (χ3v) is 7.36. The number of nitrogens with one attached hydrogen (secondary N) is 1. The van der Waals surface area contributed by atoms with Gasteiger partial charge in [-0.2, -0.15) is 0 Å². The highest BCUT2D eigenvalue weighted by atomic mass is 127. The normalized spacial score (nSPS) is 36.6. The summed E-state index contributed by atoms with van der Waals surface area (Å²) in [7, 11) is 1.73. The summed E-state index contributed by atoms with van der Waals surface area (Å²) in [5.41, 5.74) is 3.07. The number of aromatic amines is 1. The molecule has 2 aromatic rings. The van der Waals surface area contributed by atoms with Crippen molar-refractivity contribution in [1.29, 1.82) is 0 Å². The van der Waals surface area contributed by atoms with Gasteiger partial charge in [-0.05, 0) is 42.5 Å². The average Bonchev–Trinajstić information content (AvgIpc) is 3.00. The molecule has 5 atom stereocenters. The summed E-state index contributed by atoms with van der Waals surface area (Å²) < 4.78 is 6.67. The number of nitrogens with zero attached hydrogens (tertiary/aromatic N) is 1. The van der Waals surface area contributed by atoms with Crippen LogP contribution < -0.4 is 4.74 Å². The van der Waals surface area contributed by atoms with Crippen LogP contribution in [0, 0.1) is 11.8 Å². The predicted molar refractivity (Wildman–Crippen MR) is 101 cm³/mol. The molecule has 5 unspecified atom stereocenters. The molecule has 0 bridgehead atoms. The van der Waals surface area contributed by atoms with Crippen molar-refractivity contribution in [2.24, 2.45) is 11.8 Å². The van der Waals surface area contributed by atoms with Gasteiger partial charge in [-0.15, -0.1) is 0 Å². The molecule has 1 N–H and O–H groups in total. The molecular formula is C19H21IN2O.